The highest BCUT2D eigenvalue weighted by molar-refractivity contribution is 5.80. The van der Waals surface area contributed by atoms with E-state index in [9.17, 15) is 18.0 Å². The molecular weight excluding hydrogens is 333 g/mol. The molecule has 0 saturated carbocycles. The zero-order valence-electron chi connectivity index (χ0n) is 13.4. The van der Waals surface area contributed by atoms with Crippen LogP contribution < -0.4 is 0 Å². The lowest BCUT2D eigenvalue weighted by molar-refractivity contribution is -0.185. The van der Waals surface area contributed by atoms with Gasteiger partial charge in [-0.3, -0.25) is 9.69 Å². The van der Waals surface area contributed by atoms with Crippen molar-refractivity contribution in [3.05, 3.63) is 35.9 Å². The fraction of sp³-hybridized carbons (Fsp3) is 0.471. The Morgan fingerprint density at radius 2 is 1.76 bits per heavy atom. The fourth-order valence-corrected chi connectivity index (χ4v) is 3.05. The molecule has 0 radical (unpaired) electrons. The number of hydrogen-bond donors (Lipinski definition) is 0. The Hall–Kier alpha value is -2.58. The van der Waals surface area contributed by atoms with Crippen LogP contribution in [-0.2, 0) is 11.3 Å². The van der Waals surface area contributed by atoms with Crippen LogP contribution in [0.3, 0.4) is 0 Å². The Morgan fingerprint density at radius 3 is 2.28 bits per heavy atom. The lowest BCUT2D eigenvalue weighted by Gasteiger charge is -2.25. The molecule has 0 spiro atoms. The van der Waals surface area contributed by atoms with Gasteiger partial charge in [-0.25, -0.2) is 0 Å². The highest BCUT2D eigenvalue weighted by Gasteiger charge is 2.52. The second-order valence-corrected chi connectivity index (χ2v) is 5.94. The van der Waals surface area contributed by atoms with Crippen LogP contribution in [0.1, 0.15) is 5.56 Å². The molecule has 1 fully saturated rings. The Bertz CT molecular complexity index is 662. The van der Waals surface area contributed by atoms with Crippen molar-refractivity contribution in [2.75, 3.05) is 26.2 Å². The van der Waals surface area contributed by atoms with Crippen molar-refractivity contribution < 1.29 is 18.0 Å². The van der Waals surface area contributed by atoms with Gasteiger partial charge in [-0.1, -0.05) is 30.3 Å². The van der Waals surface area contributed by atoms with Crippen molar-refractivity contribution in [1.82, 2.24) is 9.80 Å². The van der Waals surface area contributed by atoms with E-state index >= 15 is 0 Å². The number of halogens is 3. The van der Waals surface area contributed by atoms with E-state index in [0.29, 0.717) is 6.54 Å². The molecule has 8 heteroatoms. The standard InChI is InChI=1S/C17H17F3N4O/c18-17(19,20)15-12-23(10-13-4-2-1-3-5-13)11-14(15)16(25)24(8-6-21)9-7-22/h1-5,14-15H,8-12H2/t14-,15-/m1/s1. The smallest absolute Gasteiger partial charge is 0.316 e. The molecule has 0 bridgehead atoms. The first-order valence-corrected chi connectivity index (χ1v) is 7.72. The summed E-state index contributed by atoms with van der Waals surface area (Å²) in [6.45, 7) is -0.807. The number of carbonyl (C=O) groups is 1. The summed E-state index contributed by atoms with van der Waals surface area (Å²) >= 11 is 0. The molecule has 25 heavy (non-hydrogen) atoms. The van der Waals surface area contributed by atoms with Gasteiger partial charge in [0.15, 0.2) is 0 Å². The molecule has 0 unspecified atom stereocenters. The van der Waals surface area contributed by atoms with Crippen LogP contribution in [0.15, 0.2) is 30.3 Å². The van der Waals surface area contributed by atoms with Crippen LogP contribution >= 0.6 is 0 Å². The monoisotopic (exact) mass is 350 g/mol. The molecule has 2 rings (SSSR count). The van der Waals surface area contributed by atoms with E-state index in [4.69, 9.17) is 10.5 Å². The number of alkyl halides is 3. The van der Waals surface area contributed by atoms with E-state index in [1.165, 1.54) is 0 Å². The second kappa shape index (κ2) is 8.00. The van der Waals surface area contributed by atoms with Gasteiger partial charge in [0.2, 0.25) is 5.91 Å². The zero-order chi connectivity index (χ0) is 18.4. The van der Waals surface area contributed by atoms with Crippen LogP contribution in [0.2, 0.25) is 0 Å². The van der Waals surface area contributed by atoms with Gasteiger partial charge in [-0.15, -0.1) is 0 Å². The summed E-state index contributed by atoms with van der Waals surface area (Å²) in [6, 6.07) is 12.5. The maximum atomic E-state index is 13.4. The Morgan fingerprint density at radius 1 is 1.16 bits per heavy atom. The van der Waals surface area contributed by atoms with Crippen molar-refractivity contribution in [3.8, 4) is 12.1 Å². The molecule has 0 aliphatic carbocycles. The third-order valence-corrected chi connectivity index (χ3v) is 4.22. The summed E-state index contributed by atoms with van der Waals surface area (Å²) < 4.78 is 40.2. The normalized spacial score (nSPS) is 20.7. The predicted octanol–water partition coefficient (Wildman–Crippen LogP) is 2.17. The molecule has 0 N–H and O–H groups in total. The van der Waals surface area contributed by atoms with E-state index in [-0.39, 0.29) is 13.1 Å². The molecule has 1 aliphatic rings. The first kappa shape index (κ1) is 18.8. The van der Waals surface area contributed by atoms with E-state index in [1.54, 1.807) is 29.2 Å². The molecule has 1 aliphatic heterocycles. The summed E-state index contributed by atoms with van der Waals surface area (Å²) in [5.41, 5.74) is 0.863. The van der Waals surface area contributed by atoms with Crippen molar-refractivity contribution in [1.29, 1.82) is 10.5 Å². The molecule has 5 nitrogen and oxygen atoms in total. The predicted molar refractivity (Wildman–Crippen MR) is 82.6 cm³/mol. The first-order chi connectivity index (χ1) is 11.9. The van der Waals surface area contributed by atoms with Crippen molar-refractivity contribution in [2.24, 2.45) is 11.8 Å². The van der Waals surface area contributed by atoms with Crippen LogP contribution in [0, 0.1) is 34.5 Å². The lowest BCUT2D eigenvalue weighted by Crippen LogP contribution is -2.43. The molecule has 1 aromatic carbocycles. The van der Waals surface area contributed by atoms with E-state index < -0.39 is 37.0 Å². The average molecular weight is 350 g/mol. The Labute approximate surface area is 143 Å². The quantitative estimate of drug-likeness (QED) is 0.763. The van der Waals surface area contributed by atoms with Gasteiger partial charge in [-0.2, -0.15) is 23.7 Å². The van der Waals surface area contributed by atoms with Gasteiger partial charge in [0.05, 0.1) is 24.0 Å². The minimum atomic E-state index is -4.52. The summed E-state index contributed by atoms with van der Waals surface area (Å²) in [5, 5.41) is 17.5. The number of carbonyl (C=O) groups excluding carboxylic acids is 1. The average Bonchev–Trinajstić information content (AvgIpc) is 2.99. The van der Waals surface area contributed by atoms with E-state index in [2.05, 4.69) is 0 Å². The summed E-state index contributed by atoms with van der Waals surface area (Å²) in [6.07, 6.45) is -4.52. The minimum Gasteiger partial charge on any atom is -0.316 e. The number of benzene rings is 1. The van der Waals surface area contributed by atoms with Crippen molar-refractivity contribution >= 4 is 5.91 Å². The number of hydrogen-bond acceptors (Lipinski definition) is 4. The van der Waals surface area contributed by atoms with E-state index in [1.807, 2.05) is 18.2 Å². The Balaban J connectivity index is 2.17. The van der Waals surface area contributed by atoms with Crippen LogP contribution in [-0.4, -0.2) is 48.1 Å². The lowest BCUT2D eigenvalue weighted by atomic mass is 9.94. The summed E-state index contributed by atoms with van der Waals surface area (Å²) in [4.78, 5) is 15.0. The zero-order valence-corrected chi connectivity index (χ0v) is 13.4. The highest BCUT2D eigenvalue weighted by atomic mass is 19.4. The van der Waals surface area contributed by atoms with Gasteiger partial charge in [0.1, 0.15) is 13.1 Å². The maximum Gasteiger partial charge on any atom is 0.393 e. The van der Waals surface area contributed by atoms with Crippen molar-refractivity contribution in [3.63, 3.8) is 0 Å². The molecule has 1 saturated heterocycles. The van der Waals surface area contributed by atoms with Crippen LogP contribution in [0.5, 0.6) is 0 Å². The highest BCUT2D eigenvalue weighted by Crippen LogP contribution is 2.38. The Kier molecular flexibility index (Phi) is 6.00. The minimum absolute atomic E-state index is 0.0503. The number of likely N-dealkylation sites (tertiary alicyclic amines) is 1. The topological polar surface area (TPSA) is 71.1 Å². The molecule has 2 atom stereocenters. The van der Waals surface area contributed by atoms with Gasteiger partial charge in [0.25, 0.3) is 0 Å². The van der Waals surface area contributed by atoms with Crippen LogP contribution in [0.25, 0.3) is 0 Å². The molecule has 1 aromatic rings. The third-order valence-electron chi connectivity index (χ3n) is 4.22. The summed E-state index contributed by atoms with van der Waals surface area (Å²) in [7, 11) is 0. The SMILES string of the molecule is N#CCN(CC#N)C(=O)[C@@H]1CN(Cc2ccccc2)C[C@H]1C(F)(F)F. The molecule has 1 amide bonds. The summed E-state index contributed by atoms with van der Waals surface area (Å²) in [5.74, 6) is -3.89. The first-order valence-electron chi connectivity index (χ1n) is 7.72. The molecule has 0 aromatic heterocycles. The third kappa shape index (κ3) is 4.71. The molecule has 132 valence electrons. The second-order valence-electron chi connectivity index (χ2n) is 5.94. The van der Waals surface area contributed by atoms with Gasteiger partial charge in [-0.05, 0) is 5.56 Å². The van der Waals surface area contributed by atoms with Gasteiger partial charge >= 0.3 is 6.18 Å². The maximum absolute atomic E-state index is 13.4. The van der Waals surface area contributed by atoms with Gasteiger partial charge in [0, 0.05) is 19.6 Å². The van der Waals surface area contributed by atoms with E-state index in [0.717, 1.165) is 10.5 Å². The van der Waals surface area contributed by atoms with Crippen molar-refractivity contribution in [2.45, 2.75) is 12.7 Å². The fourth-order valence-electron chi connectivity index (χ4n) is 3.05. The number of rotatable bonds is 5. The molecule has 1 heterocycles. The number of nitrogens with zero attached hydrogens (tertiary/aromatic N) is 4. The molecular formula is C17H17F3N4O. The largest absolute Gasteiger partial charge is 0.393 e. The number of nitriles is 2. The van der Waals surface area contributed by atoms with Crippen LogP contribution in [0.4, 0.5) is 13.2 Å². The van der Waals surface area contributed by atoms with Gasteiger partial charge < -0.3 is 4.90 Å². The number of amides is 1.